The van der Waals surface area contributed by atoms with Gasteiger partial charge in [0, 0.05) is 18.3 Å². The van der Waals surface area contributed by atoms with Crippen molar-refractivity contribution in [3.8, 4) is 0 Å². The molecule has 5 saturated carbocycles. The average Bonchev–Trinajstić information content (AvgIpc) is 3.06. The number of alkyl halides is 2. The summed E-state index contributed by atoms with van der Waals surface area (Å²) in [5.74, 6) is -1.75. The fourth-order valence-electron chi connectivity index (χ4n) is 11.2. The molecule has 11 atom stereocenters. The molecule has 5 aliphatic carbocycles. The lowest BCUT2D eigenvalue weighted by Crippen LogP contribution is -2.55. The standard InChI is InChI=1S/C28H44F2O3/c1-16-17-6-7-18-19-14-20(31)22(25(5)9-8-21(33-25)23(2,3)32)24(19,4)10-11-27(18)15-26(17,27)12-13-28(16,29)30/h16-22,31-32H,6-15H2,1-5H3. The van der Waals surface area contributed by atoms with Crippen molar-refractivity contribution in [2.45, 2.75) is 128 Å². The van der Waals surface area contributed by atoms with Gasteiger partial charge in [0.25, 0.3) is 5.92 Å². The second-order valence-corrected chi connectivity index (χ2v) is 14.3. The fourth-order valence-corrected chi connectivity index (χ4v) is 11.2. The fraction of sp³-hybridized carbons (Fsp3) is 1.00. The number of ether oxygens (including phenoxy) is 1. The van der Waals surface area contributed by atoms with Crippen LogP contribution in [-0.4, -0.2) is 39.5 Å². The van der Waals surface area contributed by atoms with Crippen molar-refractivity contribution in [3.63, 3.8) is 0 Å². The Balaban J connectivity index is 1.29. The lowest BCUT2D eigenvalue weighted by molar-refractivity contribution is -0.183. The van der Waals surface area contributed by atoms with Gasteiger partial charge in [-0.2, -0.15) is 0 Å². The molecule has 11 unspecified atom stereocenters. The van der Waals surface area contributed by atoms with Gasteiger partial charge in [-0.3, -0.25) is 0 Å². The summed E-state index contributed by atoms with van der Waals surface area (Å²) in [7, 11) is 0. The van der Waals surface area contributed by atoms with Crippen molar-refractivity contribution in [2.75, 3.05) is 0 Å². The van der Waals surface area contributed by atoms with Gasteiger partial charge in [0.1, 0.15) is 0 Å². The molecule has 2 spiro atoms. The van der Waals surface area contributed by atoms with Gasteiger partial charge in [0.05, 0.1) is 23.4 Å². The monoisotopic (exact) mass is 466 g/mol. The van der Waals surface area contributed by atoms with Gasteiger partial charge in [0.2, 0.25) is 0 Å². The summed E-state index contributed by atoms with van der Waals surface area (Å²) in [5, 5.41) is 22.1. The summed E-state index contributed by atoms with van der Waals surface area (Å²) in [5.41, 5.74) is -0.901. The summed E-state index contributed by atoms with van der Waals surface area (Å²) in [6.07, 6.45) is 8.06. The molecule has 0 bridgehead atoms. The van der Waals surface area contributed by atoms with E-state index in [1.165, 1.54) is 0 Å². The molecule has 1 heterocycles. The van der Waals surface area contributed by atoms with Gasteiger partial charge < -0.3 is 14.9 Å². The third-order valence-electron chi connectivity index (χ3n) is 12.7. The molecule has 6 aliphatic rings. The average molecular weight is 467 g/mol. The second-order valence-electron chi connectivity index (χ2n) is 14.3. The number of aliphatic hydroxyl groups is 2. The maximum Gasteiger partial charge on any atom is 0.250 e. The van der Waals surface area contributed by atoms with E-state index in [9.17, 15) is 19.0 Å². The molecular weight excluding hydrogens is 422 g/mol. The lowest BCUT2D eigenvalue weighted by atomic mass is 9.47. The van der Waals surface area contributed by atoms with Crippen molar-refractivity contribution >= 4 is 0 Å². The molecule has 0 aromatic rings. The van der Waals surface area contributed by atoms with Crippen LogP contribution in [-0.2, 0) is 4.74 Å². The van der Waals surface area contributed by atoms with Crippen LogP contribution in [0.4, 0.5) is 8.78 Å². The van der Waals surface area contributed by atoms with Crippen molar-refractivity contribution in [1.29, 1.82) is 0 Å². The third kappa shape index (κ3) is 2.77. The number of fused-ring (bicyclic) bond motifs is 2. The van der Waals surface area contributed by atoms with E-state index in [1.54, 1.807) is 0 Å². The summed E-state index contributed by atoms with van der Waals surface area (Å²) < 4.78 is 35.8. The minimum Gasteiger partial charge on any atom is -0.393 e. The maximum atomic E-state index is 14.6. The van der Waals surface area contributed by atoms with E-state index in [4.69, 9.17) is 4.74 Å². The van der Waals surface area contributed by atoms with Gasteiger partial charge >= 0.3 is 0 Å². The zero-order valence-electron chi connectivity index (χ0n) is 21.2. The summed E-state index contributed by atoms with van der Waals surface area (Å²) >= 11 is 0. The number of rotatable bonds is 2. The molecule has 6 rings (SSSR count). The van der Waals surface area contributed by atoms with E-state index < -0.39 is 23.0 Å². The van der Waals surface area contributed by atoms with Crippen molar-refractivity contribution in [3.05, 3.63) is 0 Å². The van der Waals surface area contributed by atoms with Crippen LogP contribution in [0.1, 0.15) is 98.8 Å². The van der Waals surface area contributed by atoms with Gasteiger partial charge in [-0.1, -0.05) is 13.8 Å². The Kier molecular flexibility index (Phi) is 4.59. The number of halogens is 2. The van der Waals surface area contributed by atoms with Crippen molar-refractivity contribution in [2.24, 2.45) is 45.8 Å². The minimum atomic E-state index is -2.50. The van der Waals surface area contributed by atoms with Gasteiger partial charge in [-0.15, -0.1) is 0 Å². The Bertz CT molecular complexity index is 839. The molecular formula is C28H44F2O3. The minimum absolute atomic E-state index is 0.0133. The molecule has 2 N–H and O–H groups in total. The molecule has 188 valence electrons. The Morgan fingerprint density at radius 1 is 0.879 bits per heavy atom. The van der Waals surface area contributed by atoms with Crippen LogP contribution in [0, 0.1) is 45.8 Å². The summed E-state index contributed by atoms with van der Waals surface area (Å²) in [6, 6.07) is 0. The predicted octanol–water partition coefficient (Wildman–Crippen LogP) is 5.96. The smallest absolute Gasteiger partial charge is 0.250 e. The Labute approximate surface area is 198 Å². The molecule has 3 nitrogen and oxygen atoms in total. The molecule has 33 heavy (non-hydrogen) atoms. The van der Waals surface area contributed by atoms with E-state index in [-0.39, 0.29) is 46.7 Å². The molecule has 1 aliphatic heterocycles. The zero-order chi connectivity index (χ0) is 23.8. The molecule has 0 radical (unpaired) electrons. The van der Waals surface area contributed by atoms with E-state index in [0.29, 0.717) is 18.3 Å². The van der Waals surface area contributed by atoms with Crippen LogP contribution in [0.25, 0.3) is 0 Å². The molecule has 0 amide bonds. The Morgan fingerprint density at radius 3 is 2.18 bits per heavy atom. The van der Waals surface area contributed by atoms with Crippen LogP contribution < -0.4 is 0 Å². The predicted molar refractivity (Wildman–Crippen MR) is 123 cm³/mol. The first-order chi connectivity index (χ1) is 15.2. The first-order valence-corrected chi connectivity index (χ1v) is 13.7. The van der Waals surface area contributed by atoms with Crippen LogP contribution in [0.3, 0.4) is 0 Å². The van der Waals surface area contributed by atoms with Crippen LogP contribution in [0.2, 0.25) is 0 Å². The highest BCUT2D eigenvalue weighted by Crippen LogP contribution is 2.86. The van der Waals surface area contributed by atoms with Gasteiger partial charge in [0.15, 0.2) is 0 Å². The number of aliphatic hydroxyl groups excluding tert-OH is 1. The highest BCUT2D eigenvalue weighted by atomic mass is 19.3. The van der Waals surface area contributed by atoms with Gasteiger partial charge in [-0.25, -0.2) is 8.78 Å². The normalized spacial score (nSPS) is 59.4. The van der Waals surface area contributed by atoms with E-state index >= 15 is 0 Å². The largest absolute Gasteiger partial charge is 0.393 e. The maximum absolute atomic E-state index is 14.6. The number of hydrogen-bond donors (Lipinski definition) is 2. The topological polar surface area (TPSA) is 49.7 Å². The quantitative estimate of drug-likeness (QED) is 0.528. The van der Waals surface area contributed by atoms with Crippen LogP contribution in [0.5, 0.6) is 0 Å². The number of hydrogen-bond acceptors (Lipinski definition) is 3. The molecule has 0 aromatic carbocycles. The second kappa shape index (κ2) is 6.54. The summed E-state index contributed by atoms with van der Waals surface area (Å²) in [6.45, 7) is 10.0. The first-order valence-electron chi connectivity index (χ1n) is 13.7. The summed E-state index contributed by atoms with van der Waals surface area (Å²) in [4.78, 5) is 0. The van der Waals surface area contributed by atoms with Crippen LogP contribution in [0.15, 0.2) is 0 Å². The highest BCUT2D eigenvalue weighted by molar-refractivity contribution is 5.29. The Hall–Kier alpha value is -0.260. The van der Waals surface area contributed by atoms with Gasteiger partial charge in [-0.05, 0) is 113 Å². The molecule has 6 fully saturated rings. The first kappa shape index (κ1) is 23.2. The SMILES string of the molecule is CC1C2CCC3C4CC(O)C(C5(C)CCC(C(C)(C)O)O5)C4(C)CCC34CC24CCC1(F)F. The third-order valence-corrected chi connectivity index (χ3v) is 12.7. The Morgan fingerprint density at radius 2 is 1.52 bits per heavy atom. The molecule has 5 heteroatoms. The van der Waals surface area contributed by atoms with E-state index in [1.807, 2.05) is 20.8 Å². The molecule has 1 saturated heterocycles. The van der Waals surface area contributed by atoms with Crippen molar-refractivity contribution in [1.82, 2.24) is 0 Å². The van der Waals surface area contributed by atoms with Crippen molar-refractivity contribution < 1.29 is 23.7 Å². The van der Waals surface area contributed by atoms with Crippen LogP contribution >= 0.6 is 0 Å². The highest BCUT2D eigenvalue weighted by Gasteiger charge is 2.81. The lowest BCUT2D eigenvalue weighted by Gasteiger charge is -2.58. The molecule has 0 aromatic heterocycles. The van der Waals surface area contributed by atoms with E-state index in [0.717, 1.165) is 51.4 Å². The van der Waals surface area contributed by atoms with E-state index in [2.05, 4.69) is 13.8 Å². The zero-order valence-corrected chi connectivity index (χ0v) is 21.2.